The molecule has 3 rings (SSSR count). The highest BCUT2D eigenvalue weighted by Crippen LogP contribution is 2.34. The molecule has 1 saturated carbocycles. The van der Waals surface area contributed by atoms with Gasteiger partial charge in [0.1, 0.15) is 5.82 Å². The van der Waals surface area contributed by atoms with Crippen molar-refractivity contribution in [3.63, 3.8) is 0 Å². The summed E-state index contributed by atoms with van der Waals surface area (Å²) in [5, 5.41) is 10.8. The minimum Gasteiger partial charge on any atom is -0.307 e. The number of nitrogens with zero attached hydrogens (tertiary/aromatic N) is 2. The molecule has 1 aliphatic carbocycles. The number of H-pyrrole nitrogens is 1. The Labute approximate surface area is 83.5 Å². The third-order valence-corrected chi connectivity index (χ3v) is 3.38. The minimum absolute atomic E-state index is 0.427. The van der Waals surface area contributed by atoms with Crippen LogP contribution in [0.15, 0.2) is 0 Å². The Bertz CT molecular complexity index is 310. The number of rotatable bonds is 2. The predicted molar refractivity (Wildman–Crippen MR) is 53.0 cm³/mol. The zero-order chi connectivity index (χ0) is 9.38. The molecule has 0 radical (unpaired) electrons. The zero-order valence-corrected chi connectivity index (χ0v) is 8.29. The van der Waals surface area contributed by atoms with Crippen LogP contribution in [-0.2, 0) is 0 Å². The second-order valence-electron chi connectivity index (χ2n) is 4.36. The van der Waals surface area contributed by atoms with Crippen LogP contribution in [0.3, 0.4) is 0 Å². The summed E-state index contributed by atoms with van der Waals surface area (Å²) in [6.07, 6.45) is 6.34. The van der Waals surface area contributed by atoms with Crippen molar-refractivity contribution in [3.05, 3.63) is 11.6 Å². The number of aromatic nitrogens is 3. The summed E-state index contributed by atoms with van der Waals surface area (Å²) in [5.41, 5.74) is 0. The molecule has 0 spiro atoms. The van der Waals surface area contributed by atoms with Crippen molar-refractivity contribution in [2.24, 2.45) is 0 Å². The van der Waals surface area contributed by atoms with E-state index in [0.29, 0.717) is 12.0 Å². The van der Waals surface area contributed by atoms with E-state index < -0.39 is 0 Å². The van der Waals surface area contributed by atoms with Crippen LogP contribution in [0, 0.1) is 0 Å². The molecule has 4 heteroatoms. The van der Waals surface area contributed by atoms with Crippen molar-refractivity contribution in [3.8, 4) is 0 Å². The molecule has 4 nitrogen and oxygen atoms in total. The van der Waals surface area contributed by atoms with Gasteiger partial charge in [-0.1, -0.05) is 6.42 Å². The third-order valence-electron chi connectivity index (χ3n) is 3.38. The first-order chi connectivity index (χ1) is 6.93. The van der Waals surface area contributed by atoms with Crippen LogP contribution in [0.5, 0.6) is 0 Å². The van der Waals surface area contributed by atoms with E-state index >= 15 is 0 Å². The number of hydrogen-bond acceptors (Lipinski definition) is 3. The van der Waals surface area contributed by atoms with E-state index in [1.165, 1.54) is 32.1 Å². The predicted octanol–water partition coefficient (Wildman–Crippen LogP) is 1.50. The maximum absolute atomic E-state index is 4.59. The molecule has 1 atom stereocenters. The Morgan fingerprint density at radius 1 is 1.14 bits per heavy atom. The van der Waals surface area contributed by atoms with Gasteiger partial charge in [0.2, 0.25) is 0 Å². The Morgan fingerprint density at radius 3 is 2.71 bits per heavy atom. The second-order valence-corrected chi connectivity index (χ2v) is 4.36. The lowest BCUT2D eigenvalue weighted by Crippen LogP contribution is -2.15. The van der Waals surface area contributed by atoms with Crippen LogP contribution in [0.2, 0.25) is 0 Å². The van der Waals surface area contributed by atoms with Gasteiger partial charge in [0.05, 0.1) is 6.04 Å². The van der Waals surface area contributed by atoms with E-state index in [2.05, 4.69) is 20.5 Å². The highest BCUT2D eigenvalue weighted by Gasteiger charge is 2.26. The molecule has 14 heavy (non-hydrogen) atoms. The largest absolute Gasteiger partial charge is 0.307 e. The fourth-order valence-electron chi connectivity index (χ4n) is 2.21. The fraction of sp³-hybridized carbons (Fsp3) is 0.800. The molecule has 0 amide bonds. The zero-order valence-electron chi connectivity index (χ0n) is 8.29. The number of nitrogens with one attached hydrogen (secondary N) is 2. The first kappa shape index (κ1) is 8.41. The van der Waals surface area contributed by atoms with Gasteiger partial charge in [0, 0.05) is 5.92 Å². The van der Waals surface area contributed by atoms with Crippen LogP contribution < -0.4 is 5.32 Å². The third kappa shape index (κ3) is 1.34. The SMILES string of the molecule is C1CC(c2n[nH]c(C3CCCN3)n2)C1. The molecule has 1 aromatic rings. The summed E-state index contributed by atoms with van der Waals surface area (Å²) in [7, 11) is 0. The number of hydrogen-bond donors (Lipinski definition) is 2. The smallest absolute Gasteiger partial charge is 0.153 e. The second kappa shape index (κ2) is 3.35. The molecule has 76 valence electrons. The van der Waals surface area contributed by atoms with Crippen LogP contribution in [-0.4, -0.2) is 21.7 Å². The normalized spacial score (nSPS) is 27.9. The van der Waals surface area contributed by atoms with Crippen molar-refractivity contribution in [1.82, 2.24) is 20.5 Å². The van der Waals surface area contributed by atoms with Gasteiger partial charge < -0.3 is 5.32 Å². The molecule has 2 aliphatic rings. The Morgan fingerprint density at radius 2 is 2.07 bits per heavy atom. The fourth-order valence-corrected chi connectivity index (χ4v) is 2.21. The minimum atomic E-state index is 0.427. The Kier molecular flexibility index (Phi) is 2.01. The van der Waals surface area contributed by atoms with Gasteiger partial charge in [-0.15, -0.1) is 0 Å². The maximum atomic E-state index is 4.59. The standard InChI is InChI=1S/C10H16N4/c1-3-7(4-1)9-12-10(14-13-9)8-5-2-6-11-8/h7-8,11H,1-6H2,(H,12,13,14). The molecular formula is C10H16N4. The van der Waals surface area contributed by atoms with Gasteiger partial charge in [0.15, 0.2) is 5.82 Å². The van der Waals surface area contributed by atoms with Crippen molar-refractivity contribution in [1.29, 1.82) is 0 Å². The summed E-state index contributed by atoms with van der Waals surface area (Å²) in [4.78, 5) is 4.59. The number of aromatic amines is 1. The molecule has 0 aromatic carbocycles. The molecular weight excluding hydrogens is 176 g/mol. The van der Waals surface area contributed by atoms with Crippen LogP contribution >= 0.6 is 0 Å². The van der Waals surface area contributed by atoms with Gasteiger partial charge in [0.25, 0.3) is 0 Å². The van der Waals surface area contributed by atoms with Crippen molar-refractivity contribution >= 4 is 0 Å². The summed E-state index contributed by atoms with van der Waals surface area (Å²) in [5.74, 6) is 2.73. The average Bonchev–Trinajstić information content (AvgIpc) is 2.65. The van der Waals surface area contributed by atoms with Gasteiger partial charge in [-0.3, -0.25) is 5.10 Å². The van der Waals surface area contributed by atoms with Gasteiger partial charge >= 0.3 is 0 Å². The van der Waals surface area contributed by atoms with E-state index in [0.717, 1.165) is 18.2 Å². The molecule has 1 saturated heterocycles. The molecule has 2 fully saturated rings. The molecule has 1 unspecified atom stereocenters. The van der Waals surface area contributed by atoms with E-state index in [9.17, 15) is 0 Å². The van der Waals surface area contributed by atoms with Crippen molar-refractivity contribution in [2.45, 2.75) is 44.1 Å². The first-order valence-corrected chi connectivity index (χ1v) is 5.59. The van der Waals surface area contributed by atoms with E-state index in [-0.39, 0.29) is 0 Å². The molecule has 0 bridgehead atoms. The quantitative estimate of drug-likeness (QED) is 0.746. The van der Waals surface area contributed by atoms with Crippen molar-refractivity contribution in [2.75, 3.05) is 6.54 Å². The Balaban J connectivity index is 1.75. The molecule has 2 N–H and O–H groups in total. The lowest BCUT2D eigenvalue weighted by molar-refractivity contribution is 0.402. The molecule has 1 aliphatic heterocycles. The summed E-state index contributed by atoms with van der Waals surface area (Å²) in [6.45, 7) is 1.12. The van der Waals surface area contributed by atoms with Gasteiger partial charge in [-0.05, 0) is 32.2 Å². The van der Waals surface area contributed by atoms with Crippen LogP contribution in [0.25, 0.3) is 0 Å². The monoisotopic (exact) mass is 192 g/mol. The lowest BCUT2D eigenvalue weighted by atomic mass is 9.85. The van der Waals surface area contributed by atoms with Crippen LogP contribution in [0.4, 0.5) is 0 Å². The van der Waals surface area contributed by atoms with Gasteiger partial charge in [-0.2, -0.15) is 5.10 Å². The van der Waals surface area contributed by atoms with E-state index in [4.69, 9.17) is 0 Å². The Hall–Kier alpha value is -0.900. The van der Waals surface area contributed by atoms with Gasteiger partial charge in [-0.25, -0.2) is 4.98 Å². The highest BCUT2D eigenvalue weighted by molar-refractivity contribution is 5.05. The van der Waals surface area contributed by atoms with Crippen molar-refractivity contribution < 1.29 is 0 Å². The van der Waals surface area contributed by atoms with E-state index in [1.54, 1.807) is 0 Å². The van der Waals surface area contributed by atoms with E-state index in [1.807, 2.05) is 0 Å². The lowest BCUT2D eigenvalue weighted by Gasteiger charge is -2.21. The highest BCUT2D eigenvalue weighted by atomic mass is 15.2. The maximum Gasteiger partial charge on any atom is 0.153 e. The first-order valence-electron chi connectivity index (χ1n) is 5.59. The van der Waals surface area contributed by atoms with Crippen LogP contribution in [0.1, 0.15) is 55.7 Å². The molecule has 2 heterocycles. The average molecular weight is 192 g/mol. The summed E-state index contributed by atoms with van der Waals surface area (Å²) >= 11 is 0. The summed E-state index contributed by atoms with van der Waals surface area (Å²) < 4.78 is 0. The summed E-state index contributed by atoms with van der Waals surface area (Å²) in [6, 6.07) is 0.427. The molecule has 1 aromatic heterocycles. The topological polar surface area (TPSA) is 53.6 Å².